The van der Waals surface area contributed by atoms with E-state index in [1.165, 1.54) is 39.9 Å². The summed E-state index contributed by atoms with van der Waals surface area (Å²) >= 11 is 9.54. The fourth-order valence-electron chi connectivity index (χ4n) is 9.40. The quantitative estimate of drug-likeness (QED) is 0.0595. The second kappa shape index (κ2) is 23.8. The van der Waals surface area contributed by atoms with Gasteiger partial charge in [0.25, 0.3) is 0 Å². The fourth-order valence-corrected chi connectivity index (χ4v) is 11.7. The van der Waals surface area contributed by atoms with Gasteiger partial charge in [0.05, 0.1) is 49.5 Å². The predicted molar refractivity (Wildman–Crippen MR) is 299 cm³/mol. The number of aliphatic imine (C=N–C) groups is 1. The minimum atomic E-state index is -1.02. The highest BCUT2D eigenvalue weighted by Gasteiger charge is 2.44. The molecule has 0 saturated carbocycles. The number of aryl methyl sites for hydroxylation is 3. The summed E-state index contributed by atoms with van der Waals surface area (Å²) in [5, 5.41) is 31.6. The molecule has 4 aromatic heterocycles. The molecule has 3 aromatic carbocycles. The largest absolute Gasteiger partial charge is 0.490 e. The maximum atomic E-state index is 15.3. The maximum Gasteiger partial charge on any atom is 0.246 e. The molecule has 4 amide bonds. The lowest BCUT2D eigenvalue weighted by atomic mass is 9.85. The average Bonchev–Trinajstić information content (AvgIpc) is 4.27. The van der Waals surface area contributed by atoms with Crippen LogP contribution in [0.3, 0.4) is 0 Å². The number of fused-ring (bicyclic) bond motifs is 3. The van der Waals surface area contributed by atoms with E-state index in [2.05, 4.69) is 68.3 Å². The van der Waals surface area contributed by atoms with E-state index in [0.29, 0.717) is 34.3 Å². The van der Waals surface area contributed by atoms with Gasteiger partial charge < -0.3 is 35.4 Å². The van der Waals surface area contributed by atoms with Gasteiger partial charge in [-0.1, -0.05) is 68.8 Å². The van der Waals surface area contributed by atoms with E-state index in [1.807, 2.05) is 60.0 Å². The minimum Gasteiger partial charge on any atom is -0.490 e. The molecule has 0 aliphatic carbocycles. The number of β-amino-alcohol motifs (C(OH)–C–C–N with tert-alkyl or cyclic N) is 1. The van der Waals surface area contributed by atoms with Crippen LogP contribution < -0.4 is 20.7 Å². The van der Waals surface area contributed by atoms with E-state index in [4.69, 9.17) is 26.1 Å². The number of anilines is 1. The first-order chi connectivity index (χ1) is 37.3. The number of benzene rings is 3. The monoisotopic (exact) mass is 1110 g/mol. The van der Waals surface area contributed by atoms with Crippen LogP contribution in [0.5, 0.6) is 5.75 Å². The highest BCUT2D eigenvalue weighted by atomic mass is 35.5. The van der Waals surface area contributed by atoms with Crippen molar-refractivity contribution in [1.82, 2.24) is 40.3 Å². The molecule has 406 valence electrons. The number of hydrogen-bond acceptors (Lipinski definition) is 14. The molecular formula is C57H60ClFN10O7S2. The highest BCUT2D eigenvalue weighted by Crippen LogP contribution is 2.40. The van der Waals surface area contributed by atoms with Crippen LogP contribution in [-0.4, -0.2) is 109 Å². The SMILES string of the molecule is Cc1ccsc1-c1ccc(CNC(=O)[C@@H]2C[C@@H](O)CN2C(=O)[C@@H](NC(=O)COCCCOc2ccc(-c3cnc(NC(=O)C[C@@H]4N=C(c5ccc(Cl)cc5)c5c(sc(C)c5C)-n5c(C)nnc54)cn3)cc2F)C(C)(C)C)cc1. The van der Waals surface area contributed by atoms with Gasteiger partial charge in [-0.3, -0.25) is 33.7 Å². The molecule has 0 spiro atoms. The van der Waals surface area contributed by atoms with Gasteiger partial charge >= 0.3 is 0 Å². The molecule has 4 N–H and O–H groups in total. The van der Waals surface area contributed by atoms with Gasteiger partial charge in [-0.05, 0) is 97.1 Å². The van der Waals surface area contributed by atoms with Gasteiger partial charge in [0, 0.05) is 57.4 Å². The molecule has 1 saturated heterocycles. The van der Waals surface area contributed by atoms with E-state index < -0.39 is 53.2 Å². The van der Waals surface area contributed by atoms with Gasteiger partial charge in [0.2, 0.25) is 23.6 Å². The van der Waals surface area contributed by atoms with Crippen molar-refractivity contribution in [3.8, 4) is 32.4 Å². The van der Waals surface area contributed by atoms with Crippen molar-refractivity contribution in [1.29, 1.82) is 0 Å². The molecule has 21 heteroatoms. The number of hydrogen-bond donors (Lipinski definition) is 4. The van der Waals surface area contributed by atoms with E-state index in [1.54, 1.807) is 49.5 Å². The molecule has 9 rings (SSSR count). The Labute approximate surface area is 464 Å². The molecule has 0 unspecified atom stereocenters. The third-order valence-corrected chi connectivity index (χ3v) is 16.1. The number of aliphatic hydroxyl groups excluding tert-OH is 1. The van der Waals surface area contributed by atoms with Crippen LogP contribution in [0.4, 0.5) is 10.2 Å². The lowest BCUT2D eigenvalue weighted by Crippen LogP contribution is -2.58. The predicted octanol–water partition coefficient (Wildman–Crippen LogP) is 9.06. The van der Waals surface area contributed by atoms with E-state index in [-0.39, 0.29) is 63.2 Å². The van der Waals surface area contributed by atoms with Gasteiger partial charge in [0.15, 0.2) is 23.2 Å². The van der Waals surface area contributed by atoms with Crippen LogP contribution in [0.15, 0.2) is 95.6 Å². The Morgan fingerprint density at radius 1 is 0.910 bits per heavy atom. The number of ether oxygens (including phenoxy) is 2. The van der Waals surface area contributed by atoms with Gasteiger partial charge in [-0.2, -0.15) is 0 Å². The summed E-state index contributed by atoms with van der Waals surface area (Å²) in [7, 11) is 0. The Bertz CT molecular complexity index is 3370. The normalized spacial score (nSPS) is 16.4. The molecule has 0 radical (unpaired) electrons. The maximum absolute atomic E-state index is 15.3. The van der Waals surface area contributed by atoms with Crippen LogP contribution in [-0.2, 0) is 30.5 Å². The first-order valence-corrected chi connectivity index (χ1v) is 27.6. The molecule has 6 heterocycles. The lowest BCUT2D eigenvalue weighted by molar-refractivity contribution is -0.144. The molecule has 2 aliphatic rings. The second-order valence-electron chi connectivity index (χ2n) is 20.5. The van der Waals surface area contributed by atoms with Gasteiger partial charge in [0.1, 0.15) is 35.6 Å². The van der Waals surface area contributed by atoms with Crippen molar-refractivity contribution in [3.05, 3.63) is 146 Å². The third-order valence-electron chi connectivity index (χ3n) is 13.6. The molecule has 1 fully saturated rings. The van der Waals surface area contributed by atoms with E-state index >= 15 is 4.39 Å². The van der Waals surface area contributed by atoms with Crippen LogP contribution in [0.25, 0.3) is 26.7 Å². The Hall–Kier alpha value is -7.23. The molecule has 78 heavy (non-hydrogen) atoms. The first kappa shape index (κ1) is 55.5. The van der Waals surface area contributed by atoms with Crippen LogP contribution >= 0.6 is 34.3 Å². The number of aromatic nitrogens is 5. The Morgan fingerprint density at radius 3 is 2.35 bits per heavy atom. The van der Waals surface area contributed by atoms with Crippen molar-refractivity contribution in [3.63, 3.8) is 0 Å². The number of nitrogens with zero attached hydrogens (tertiary/aromatic N) is 7. The number of nitrogens with one attached hydrogen (secondary N) is 3. The number of amides is 4. The molecule has 0 bridgehead atoms. The zero-order valence-corrected chi connectivity index (χ0v) is 46.6. The summed E-state index contributed by atoms with van der Waals surface area (Å²) in [6.45, 7) is 13.5. The van der Waals surface area contributed by atoms with Gasteiger partial charge in [-0.25, -0.2) is 9.37 Å². The number of halogens is 2. The summed E-state index contributed by atoms with van der Waals surface area (Å²) in [4.78, 5) is 72.0. The van der Waals surface area contributed by atoms with Gasteiger partial charge in [-0.15, -0.1) is 32.9 Å². The molecule has 2 aliphatic heterocycles. The van der Waals surface area contributed by atoms with Crippen LogP contribution in [0, 0.1) is 38.9 Å². The lowest BCUT2D eigenvalue weighted by Gasteiger charge is -2.35. The standard InChI is InChI=1S/C57H60ClFN10O7S2/c1-31-19-22-77-51(31)37-11-9-35(10-12-37)26-62-54(73)44-24-40(70)29-68(44)55(74)52(57(5,6)7)65-48(72)30-75-20-8-21-76-45-18-15-38(23-41(45)59)43-27-61-46(28-60-43)64-47(71)25-42-53-67-66-34(4)69(53)56-49(32(2)33(3)78-56)50(63-42)36-13-16-39(58)17-14-36/h9-19,22-23,27-28,40,42,44,52,70H,8,20-21,24-26,29-30H2,1-7H3,(H,62,73)(H,65,72)(H,61,64,71)/t40-,42+,44+,52-/m1/s1. The van der Waals surface area contributed by atoms with Crippen molar-refractivity contribution in [2.24, 2.45) is 10.4 Å². The zero-order chi connectivity index (χ0) is 55.4. The minimum absolute atomic E-state index is 0.00388. The van der Waals surface area contributed by atoms with Crippen LogP contribution in [0.1, 0.15) is 90.4 Å². The summed E-state index contributed by atoms with van der Waals surface area (Å²) in [5.74, 6) is -0.997. The highest BCUT2D eigenvalue weighted by molar-refractivity contribution is 7.15. The molecule has 4 atom stereocenters. The summed E-state index contributed by atoms with van der Waals surface area (Å²) in [6, 6.07) is 19.2. The van der Waals surface area contributed by atoms with Crippen molar-refractivity contribution < 1.29 is 38.1 Å². The molecule has 7 aromatic rings. The summed E-state index contributed by atoms with van der Waals surface area (Å²) in [5.41, 5.74) is 6.85. The van der Waals surface area contributed by atoms with Crippen molar-refractivity contribution >= 4 is 69.4 Å². The number of likely N-dealkylation sites (tertiary alicyclic amines) is 1. The topological polar surface area (TPSA) is 215 Å². The van der Waals surface area contributed by atoms with E-state index in [9.17, 15) is 24.3 Å². The average molecular weight is 1120 g/mol. The number of thiophene rings is 2. The Morgan fingerprint density at radius 2 is 1.65 bits per heavy atom. The van der Waals surface area contributed by atoms with Crippen LogP contribution in [0.2, 0.25) is 5.02 Å². The third kappa shape index (κ3) is 12.5. The van der Waals surface area contributed by atoms with Crippen molar-refractivity contribution in [2.75, 3.05) is 31.7 Å². The first-order valence-electron chi connectivity index (χ1n) is 25.5. The Balaban J connectivity index is 0.730. The molecule has 17 nitrogen and oxygen atoms in total. The summed E-state index contributed by atoms with van der Waals surface area (Å²) < 4.78 is 28.6. The number of carbonyl (C=O) groups is 4. The Kier molecular flexibility index (Phi) is 16.9. The summed E-state index contributed by atoms with van der Waals surface area (Å²) in [6.07, 6.45) is 2.25. The fraction of sp³-hybridized carbons (Fsp3) is 0.351. The zero-order valence-electron chi connectivity index (χ0n) is 44.2. The second-order valence-corrected chi connectivity index (χ2v) is 23.0. The number of rotatable bonds is 18. The molecular weight excluding hydrogens is 1060 g/mol. The van der Waals surface area contributed by atoms with Crippen molar-refractivity contribution in [2.45, 2.75) is 98.5 Å². The number of aliphatic hydroxyl groups is 1. The van der Waals surface area contributed by atoms with E-state index in [0.717, 1.165) is 43.4 Å². The number of carbonyl (C=O) groups excluding carboxylic acids is 4. The smallest absolute Gasteiger partial charge is 0.246 e.